The number of nitrogens with zero attached hydrogens (tertiary/aromatic N) is 1. The van der Waals surface area contributed by atoms with Crippen molar-refractivity contribution in [1.29, 1.82) is 0 Å². The van der Waals surface area contributed by atoms with E-state index in [4.69, 9.17) is 38.9 Å². The van der Waals surface area contributed by atoms with Crippen LogP contribution in [0.4, 0.5) is 0 Å². The number of hydrogen-bond donors (Lipinski definition) is 4. The van der Waals surface area contributed by atoms with Gasteiger partial charge in [0.1, 0.15) is 11.7 Å². The minimum absolute atomic E-state index is 0.0592. The Morgan fingerprint density at radius 2 is 1.61 bits per heavy atom. The van der Waals surface area contributed by atoms with Crippen molar-refractivity contribution < 1.29 is 58.1 Å². The molecule has 14 nitrogen and oxygen atoms in total. The van der Waals surface area contributed by atoms with E-state index in [1.807, 2.05) is 60.5 Å². The molecule has 3 rings (SSSR count). The number of aliphatic hydroxyl groups is 3. The van der Waals surface area contributed by atoms with Crippen LogP contribution in [0.2, 0.25) is 0 Å². The molecule has 0 aromatic heterocycles. The van der Waals surface area contributed by atoms with Crippen molar-refractivity contribution in [3.63, 3.8) is 0 Å². The van der Waals surface area contributed by atoms with Gasteiger partial charge in [0.2, 0.25) is 0 Å². The molecular weight excluding hydrogens is 700 g/mol. The molecule has 3 aliphatic rings. The molecule has 316 valence electrons. The second-order valence-electron chi connectivity index (χ2n) is 17.7. The largest absolute Gasteiger partial charge is 0.459 e. The summed E-state index contributed by atoms with van der Waals surface area (Å²) in [6.45, 7) is 19.4. The number of methoxy groups -OCH3 is 1. The van der Waals surface area contributed by atoms with Crippen LogP contribution in [0, 0.1) is 23.7 Å². The fourth-order valence-electron chi connectivity index (χ4n) is 9.01. The SMILES string of the molecule is CC[C@H]1OC(=O)[C@H](C)[C@@H](O[C@H]2C[C@@](C)(OC)C(N)[C@H](C)O2)[C@H](C)[C@@H](O[C@@H]2O[C@H](C)C[C@H](N(C)C)[C@H]2OC(C)=O)[C@](C)(O)C[C@@H](C)CC[C@H](C)[C@@H](O)[C@]1(C)O. The molecule has 0 aliphatic carbocycles. The third kappa shape index (κ3) is 10.9. The first-order chi connectivity index (χ1) is 24.9. The van der Waals surface area contributed by atoms with E-state index in [2.05, 4.69) is 0 Å². The van der Waals surface area contributed by atoms with Gasteiger partial charge in [-0.25, -0.2) is 0 Å². The number of likely N-dealkylation sites (N-methyl/N-ethyl adjacent to an activating group) is 1. The van der Waals surface area contributed by atoms with Crippen LogP contribution < -0.4 is 5.73 Å². The number of cyclic esters (lactones) is 1. The topological polar surface area (TPSA) is 189 Å². The number of carbonyl (C=O) groups is 2. The molecule has 0 aromatic carbocycles. The Hall–Kier alpha value is -1.46. The molecule has 18 atom stereocenters. The van der Waals surface area contributed by atoms with E-state index in [1.165, 1.54) is 13.8 Å². The highest BCUT2D eigenvalue weighted by Gasteiger charge is 2.52. The van der Waals surface area contributed by atoms with E-state index in [1.54, 1.807) is 27.9 Å². The number of aliphatic hydroxyl groups excluding tert-OH is 1. The van der Waals surface area contributed by atoms with Crippen molar-refractivity contribution in [3.05, 3.63) is 0 Å². The number of esters is 2. The lowest BCUT2D eigenvalue weighted by atomic mass is 9.76. The third-order valence-corrected chi connectivity index (χ3v) is 12.5. The molecule has 0 saturated carbocycles. The molecule has 0 aromatic rings. The van der Waals surface area contributed by atoms with Gasteiger partial charge in [-0.2, -0.15) is 0 Å². The average molecular weight is 775 g/mol. The van der Waals surface area contributed by atoms with Gasteiger partial charge >= 0.3 is 11.9 Å². The van der Waals surface area contributed by atoms with Gasteiger partial charge < -0.3 is 59.1 Å². The second kappa shape index (κ2) is 18.9. The lowest BCUT2D eigenvalue weighted by Gasteiger charge is -2.49. The van der Waals surface area contributed by atoms with Gasteiger partial charge in [0, 0.05) is 26.4 Å². The van der Waals surface area contributed by atoms with Gasteiger partial charge in [-0.15, -0.1) is 0 Å². The van der Waals surface area contributed by atoms with Crippen LogP contribution in [0.3, 0.4) is 0 Å². The zero-order valence-corrected chi connectivity index (χ0v) is 35.4. The van der Waals surface area contributed by atoms with Crippen LogP contribution in [0.1, 0.15) is 115 Å². The molecule has 3 heterocycles. The number of ether oxygens (including phenoxy) is 7. The number of hydrogen-bond acceptors (Lipinski definition) is 14. The van der Waals surface area contributed by atoms with E-state index in [0.717, 1.165) is 0 Å². The van der Waals surface area contributed by atoms with Crippen molar-refractivity contribution in [1.82, 2.24) is 4.90 Å². The normalized spacial score (nSPS) is 47.7. The van der Waals surface area contributed by atoms with Crippen molar-refractivity contribution >= 4 is 11.9 Å². The summed E-state index contributed by atoms with van der Waals surface area (Å²) in [5, 5.41) is 35.7. The number of rotatable bonds is 8. The maximum Gasteiger partial charge on any atom is 0.311 e. The minimum Gasteiger partial charge on any atom is -0.459 e. The van der Waals surface area contributed by atoms with Gasteiger partial charge in [-0.1, -0.05) is 34.1 Å². The summed E-state index contributed by atoms with van der Waals surface area (Å²) < 4.78 is 44.2. The van der Waals surface area contributed by atoms with Crippen LogP contribution in [0.25, 0.3) is 0 Å². The highest BCUT2D eigenvalue weighted by Crippen LogP contribution is 2.41. The summed E-state index contributed by atoms with van der Waals surface area (Å²) in [7, 11) is 5.39. The Labute approximate surface area is 324 Å². The zero-order chi connectivity index (χ0) is 41.1. The third-order valence-electron chi connectivity index (χ3n) is 12.5. The Bertz CT molecular complexity index is 1220. The smallest absolute Gasteiger partial charge is 0.311 e. The van der Waals surface area contributed by atoms with Crippen LogP contribution >= 0.6 is 0 Å². The summed E-state index contributed by atoms with van der Waals surface area (Å²) in [6, 6.07) is -0.701. The molecule has 0 radical (unpaired) electrons. The van der Waals surface area contributed by atoms with Gasteiger partial charge in [-0.05, 0) is 93.2 Å². The van der Waals surface area contributed by atoms with Crippen LogP contribution in [0.15, 0.2) is 0 Å². The molecule has 0 spiro atoms. The van der Waals surface area contributed by atoms with Crippen molar-refractivity contribution in [3.8, 4) is 0 Å². The van der Waals surface area contributed by atoms with E-state index >= 15 is 0 Å². The van der Waals surface area contributed by atoms with E-state index in [0.29, 0.717) is 19.3 Å². The maximum atomic E-state index is 14.3. The highest BCUT2D eigenvalue weighted by atomic mass is 16.7. The molecular formula is C40H74N2O12. The van der Waals surface area contributed by atoms with Gasteiger partial charge in [0.05, 0.1) is 59.7 Å². The first-order valence-corrected chi connectivity index (χ1v) is 20.0. The lowest BCUT2D eigenvalue weighted by molar-refractivity contribution is -0.312. The molecule has 5 N–H and O–H groups in total. The van der Waals surface area contributed by atoms with E-state index in [-0.39, 0.29) is 43.2 Å². The van der Waals surface area contributed by atoms with Gasteiger partial charge in [0.25, 0.3) is 0 Å². The Balaban J connectivity index is 2.20. The fraction of sp³-hybridized carbons (Fsp3) is 0.950. The highest BCUT2D eigenvalue weighted by molar-refractivity contribution is 5.73. The van der Waals surface area contributed by atoms with Crippen molar-refractivity contribution in [2.24, 2.45) is 29.4 Å². The summed E-state index contributed by atoms with van der Waals surface area (Å²) >= 11 is 0. The lowest BCUT2D eigenvalue weighted by Crippen LogP contribution is -2.62. The van der Waals surface area contributed by atoms with Crippen molar-refractivity contribution in [2.45, 2.75) is 199 Å². The molecule has 54 heavy (non-hydrogen) atoms. The van der Waals surface area contributed by atoms with Crippen LogP contribution in [-0.4, -0.2) is 138 Å². The Morgan fingerprint density at radius 3 is 2.17 bits per heavy atom. The Kier molecular flexibility index (Phi) is 16.4. The summed E-state index contributed by atoms with van der Waals surface area (Å²) in [4.78, 5) is 28.7. The quantitative estimate of drug-likeness (QED) is 0.262. The van der Waals surface area contributed by atoms with Crippen LogP contribution in [-0.2, 0) is 42.7 Å². The van der Waals surface area contributed by atoms with Crippen molar-refractivity contribution in [2.75, 3.05) is 21.2 Å². The second-order valence-corrected chi connectivity index (χ2v) is 17.7. The predicted molar refractivity (Wildman–Crippen MR) is 202 cm³/mol. The average Bonchev–Trinajstić information content (AvgIpc) is 3.08. The maximum absolute atomic E-state index is 14.3. The monoisotopic (exact) mass is 775 g/mol. The molecule has 0 amide bonds. The molecule has 3 aliphatic heterocycles. The molecule has 3 fully saturated rings. The number of carbonyl (C=O) groups excluding carboxylic acids is 2. The van der Waals surface area contributed by atoms with E-state index in [9.17, 15) is 24.9 Å². The molecule has 0 bridgehead atoms. The number of nitrogens with two attached hydrogens (primary N) is 1. The first kappa shape index (κ1) is 46.9. The van der Waals surface area contributed by atoms with E-state index < -0.39 is 95.8 Å². The standard InChI is InChI=1S/C40H74N2O12/c1-15-29-40(11,47)34(44)22(3)17-16-21(2)19-38(9,46)35(54-37-32(51-27(8)43)28(42(12)13)18-23(4)49-37)24(5)31(25(6)36(45)52-29)53-30-20-39(10,48-14)33(41)26(7)50-30/h21-26,28-35,37,44,46-47H,15-20,41H2,1-14H3/t21-,22-,23+,24-,25+,26-,28-,29+,30-,31-,32+,33?,34+,35+,37-,38+,39+,40+/m0/s1. The summed E-state index contributed by atoms with van der Waals surface area (Å²) in [6.07, 6.45) is -5.22. The molecule has 1 unspecified atom stereocenters. The van der Waals surface area contributed by atoms with Crippen LogP contribution in [0.5, 0.6) is 0 Å². The van der Waals surface area contributed by atoms with Gasteiger partial charge in [0.15, 0.2) is 18.7 Å². The molecule has 3 saturated heterocycles. The minimum atomic E-state index is -1.74. The van der Waals surface area contributed by atoms with Gasteiger partial charge in [-0.3, -0.25) is 9.59 Å². The zero-order valence-electron chi connectivity index (χ0n) is 35.4. The Morgan fingerprint density at radius 1 is 0.981 bits per heavy atom. The first-order valence-electron chi connectivity index (χ1n) is 20.0. The fourth-order valence-corrected chi connectivity index (χ4v) is 9.01. The summed E-state index contributed by atoms with van der Waals surface area (Å²) in [5.41, 5.74) is 2.42. The molecule has 14 heteroatoms. The summed E-state index contributed by atoms with van der Waals surface area (Å²) in [5.74, 6) is -3.28. The predicted octanol–water partition coefficient (Wildman–Crippen LogP) is 3.53.